The molecule has 1 spiro atoms. The first-order chi connectivity index (χ1) is 18.4. The molecule has 13 heteroatoms. The first-order valence-corrected chi connectivity index (χ1v) is 14.4. The van der Waals surface area contributed by atoms with E-state index in [1.54, 1.807) is 12.3 Å². The van der Waals surface area contributed by atoms with Gasteiger partial charge in [0, 0.05) is 49.1 Å². The Labute approximate surface area is 229 Å². The van der Waals surface area contributed by atoms with Crippen molar-refractivity contribution in [3.05, 3.63) is 46.5 Å². The van der Waals surface area contributed by atoms with Crippen molar-refractivity contribution in [2.24, 2.45) is 11.8 Å². The Bertz CT molecular complexity index is 1310. The lowest BCUT2D eigenvalue weighted by Crippen LogP contribution is -2.51. The Hall–Kier alpha value is -2.09. The summed E-state index contributed by atoms with van der Waals surface area (Å²) in [5.41, 5.74) is 3.93. The fraction of sp³-hybridized carbons (Fsp3) is 0.538. The predicted molar refractivity (Wildman–Crippen MR) is 137 cm³/mol. The van der Waals surface area contributed by atoms with Crippen LogP contribution in [0, 0.1) is 11.8 Å². The van der Waals surface area contributed by atoms with Crippen LogP contribution in [0.5, 0.6) is 0 Å². The maximum absolute atomic E-state index is 13.0. The van der Waals surface area contributed by atoms with Gasteiger partial charge in [-0.15, -0.1) is 11.3 Å². The van der Waals surface area contributed by atoms with E-state index in [2.05, 4.69) is 21.8 Å². The zero-order valence-corrected chi connectivity index (χ0v) is 22.4. The maximum Gasteiger partial charge on any atom is 0.471 e. The minimum Gasteiger partial charge on any atom is -0.331 e. The van der Waals surface area contributed by atoms with Crippen molar-refractivity contribution in [1.29, 1.82) is 0 Å². The van der Waals surface area contributed by atoms with Crippen LogP contribution in [0.4, 0.5) is 26.3 Å². The first-order valence-electron chi connectivity index (χ1n) is 12.8. The molecule has 210 valence electrons. The molecule has 1 aromatic carbocycles. The van der Waals surface area contributed by atoms with Crippen molar-refractivity contribution in [2.45, 2.75) is 50.0 Å². The van der Waals surface area contributed by atoms with Crippen LogP contribution < -0.4 is 4.72 Å². The molecule has 1 amide bonds. The average molecular weight is 589 g/mol. The normalized spacial score (nSPS) is 27.5. The highest BCUT2D eigenvalue weighted by atomic mass is 32.2. The number of hydrogen-bond acceptors (Lipinski definition) is 6. The van der Waals surface area contributed by atoms with Crippen LogP contribution in [0.1, 0.15) is 35.3 Å². The lowest BCUT2D eigenvalue weighted by Gasteiger charge is -2.34. The maximum atomic E-state index is 13.0. The van der Waals surface area contributed by atoms with E-state index in [0.717, 1.165) is 63.7 Å². The molecule has 2 bridgehead atoms. The molecule has 1 saturated heterocycles. The van der Waals surface area contributed by atoms with Crippen molar-refractivity contribution < 1.29 is 31.1 Å². The minimum absolute atomic E-state index is 0.00722. The molecule has 2 aromatic rings. The van der Waals surface area contributed by atoms with Crippen LogP contribution in [0.15, 0.2) is 30.5 Å². The Morgan fingerprint density at radius 3 is 2.51 bits per heavy atom. The monoisotopic (exact) mass is 588 g/mol. The number of aromatic nitrogens is 1. The molecule has 2 fully saturated rings. The molecule has 4 aliphatic rings. The fourth-order valence-electron chi connectivity index (χ4n) is 6.53. The standard InChI is InChI=1S/C26H26F6N4OS2/c27-25(28,29)14-36-13-24(34-39-36)19-3-4-20(24)11-18-9-17(2-1-16(18)10-19)22-33-12-21(38-22)15-5-7-35(8-6-15)23(37)26(30,31)32/h1-2,5,9,12,19-20,34H,3-4,6-8,10-11,13-14H2. The summed E-state index contributed by atoms with van der Waals surface area (Å²) in [6.45, 7) is -0.628. The molecule has 3 unspecified atom stereocenters. The number of amides is 1. The Balaban J connectivity index is 1.18. The van der Waals surface area contributed by atoms with E-state index in [1.807, 2.05) is 6.07 Å². The second-order valence-corrected chi connectivity index (χ2v) is 12.7. The topological polar surface area (TPSA) is 48.5 Å². The van der Waals surface area contributed by atoms with Crippen LogP contribution in [0.2, 0.25) is 0 Å². The van der Waals surface area contributed by atoms with Gasteiger partial charge in [0.25, 0.3) is 0 Å². The van der Waals surface area contributed by atoms with Gasteiger partial charge in [0.05, 0.1) is 4.88 Å². The number of halogens is 6. The lowest BCUT2D eigenvalue weighted by atomic mass is 9.79. The van der Waals surface area contributed by atoms with Crippen LogP contribution in [-0.4, -0.2) is 64.2 Å². The van der Waals surface area contributed by atoms with Crippen LogP contribution in [-0.2, 0) is 17.6 Å². The van der Waals surface area contributed by atoms with E-state index in [1.165, 1.54) is 26.8 Å². The van der Waals surface area contributed by atoms with E-state index in [9.17, 15) is 31.1 Å². The molecule has 3 atom stereocenters. The molecule has 6 rings (SSSR count). The van der Waals surface area contributed by atoms with Crippen molar-refractivity contribution in [3.8, 4) is 10.6 Å². The highest BCUT2D eigenvalue weighted by molar-refractivity contribution is 7.95. The summed E-state index contributed by atoms with van der Waals surface area (Å²) in [5, 5.41) is 0.803. The molecule has 3 heterocycles. The largest absolute Gasteiger partial charge is 0.471 e. The van der Waals surface area contributed by atoms with Crippen molar-refractivity contribution in [3.63, 3.8) is 0 Å². The molecule has 39 heavy (non-hydrogen) atoms. The highest BCUT2D eigenvalue weighted by Gasteiger charge is 2.56. The number of nitrogens with one attached hydrogen (secondary N) is 1. The molecule has 1 N–H and O–H groups in total. The van der Waals surface area contributed by atoms with Gasteiger partial charge < -0.3 is 4.90 Å². The number of hydrogen-bond donors (Lipinski definition) is 1. The number of benzene rings is 1. The summed E-state index contributed by atoms with van der Waals surface area (Å²) in [5.74, 6) is -1.30. The summed E-state index contributed by atoms with van der Waals surface area (Å²) in [7, 11) is 0. The molecule has 2 aliphatic heterocycles. The third-order valence-electron chi connectivity index (χ3n) is 8.43. The Morgan fingerprint density at radius 1 is 1.10 bits per heavy atom. The molecular formula is C26H26F6N4OS2. The van der Waals surface area contributed by atoms with E-state index in [0.29, 0.717) is 13.0 Å². The summed E-state index contributed by atoms with van der Waals surface area (Å²) in [6.07, 6.45) is -1.81. The summed E-state index contributed by atoms with van der Waals surface area (Å²) >= 11 is 2.57. The second-order valence-electron chi connectivity index (χ2n) is 10.8. The van der Waals surface area contributed by atoms with Crippen LogP contribution in [0.3, 0.4) is 0 Å². The average Bonchev–Trinajstić information content (AvgIpc) is 3.56. The number of nitrogens with zero attached hydrogens (tertiary/aromatic N) is 3. The van der Waals surface area contributed by atoms with Gasteiger partial charge in [-0.3, -0.25) is 4.79 Å². The number of thiazole rings is 1. The second kappa shape index (κ2) is 9.78. The number of rotatable bonds is 3. The molecule has 2 aliphatic carbocycles. The SMILES string of the molecule is O=C(N1CC=C(c2cnc(-c3ccc4c(c3)CC3CCC(C4)C34CN(CC(F)(F)F)SN4)s2)CC1)C(F)(F)F. The van der Waals surface area contributed by atoms with Crippen LogP contribution in [0.25, 0.3) is 16.1 Å². The highest BCUT2D eigenvalue weighted by Crippen LogP contribution is 2.52. The zero-order valence-electron chi connectivity index (χ0n) is 20.7. The van der Waals surface area contributed by atoms with Gasteiger partial charge in [-0.25, -0.2) is 14.0 Å². The fourth-order valence-corrected chi connectivity index (χ4v) is 8.70. The van der Waals surface area contributed by atoms with Gasteiger partial charge in [-0.2, -0.15) is 26.3 Å². The molecular weight excluding hydrogens is 562 g/mol. The molecule has 5 nitrogen and oxygen atoms in total. The van der Waals surface area contributed by atoms with E-state index in [4.69, 9.17) is 0 Å². The smallest absolute Gasteiger partial charge is 0.331 e. The molecule has 1 saturated carbocycles. The van der Waals surface area contributed by atoms with Crippen molar-refractivity contribution in [1.82, 2.24) is 18.9 Å². The number of carbonyl (C=O) groups is 1. The Kier molecular flexibility index (Phi) is 6.79. The quantitative estimate of drug-likeness (QED) is 0.359. The third-order valence-corrected chi connectivity index (χ3v) is 10.5. The lowest BCUT2D eigenvalue weighted by molar-refractivity contribution is -0.185. The van der Waals surface area contributed by atoms with Crippen LogP contribution >= 0.6 is 23.5 Å². The van der Waals surface area contributed by atoms with E-state index in [-0.39, 0.29) is 30.5 Å². The Morgan fingerprint density at radius 2 is 1.85 bits per heavy atom. The number of fused-ring (bicyclic) bond motifs is 1. The zero-order chi connectivity index (χ0) is 27.6. The predicted octanol–water partition coefficient (Wildman–Crippen LogP) is 5.88. The summed E-state index contributed by atoms with van der Waals surface area (Å²) < 4.78 is 82.1. The van der Waals surface area contributed by atoms with Gasteiger partial charge in [0.2, 0.25) is 0 Å². The molecule has 0 radical (unpaired) electrons. The van der Waals surface area contributed by atoms with Crippen molar-refractivity contribution >= 4 is 35.0 Å². The van der Waals surface area contributed by atoms with Gasteiger partial charge in [0.15, 0.2) is 0 Å². The van der Waals surface area contributed by atoms with Gasteiger partial charge >= 0.3 is 18.3 Å². The summed E-state index contributed by atoms with van der Waals surface area (Å²) in [4.78, 5) is 17.8. The first kappa shape index (κ1) is 27.1. The van der Waals surface area contributed by atoms with Crippen molar-refractivity contribution in [2.75, 3.05) is 26.2 Å². The van der Waals surface area contributed by atoms with Gasteiger partial charge in [-0.1, -0.05) is 18.2 Å². The van der Waals surface area contributed by atoms with Gasteiger partial charge in [-0.05, 0) is 66.7 Å². The molecule has 1 aromatic heterocycles. The minimum atomic E-state index is -4.87. The third kappa shape index (κ3) is 5.22. The summed E-state index contributed by atoms with van der Waals surface area (Å²) in [6, 6.07) is 6.27. The number of alkyl halides is 6. The van der Waals surface area contributed by atoms with E-state index >= 15 is 0 Å². The number of carbonyl (C=O) groups excluding carboxylic acids is 1. The van der Waals surface area contributed by atoms with E-state index < -0.39 is 24.8 Å². The van der Waals surface area contributed by atoms with Gasteiger partial charge in [0.1, 0.15) is 11.6 Å².